The molecule has 1 aliphatic carbocycles. The van der Waals surface area contributed by atoms with Crippen LogP contribution in [-0.2, 0) is 9.53 Å². The molecule has 0 radical (unpaired) electrons. The monoisotopic (exact) mass is 470 g/mol. The van der Waals surface area contributed by atoms with Crippen LogP contribution in [0.25, 0.3) is 0 Å². The highest BCUT2D eigenvalue weighted by atomic mass is 19.2. The second-order valence-electron chi connectivity index (χ2n) is 8.24. The van der Waals surface area contributed by atoms with Crippen LogP contribution in [-0.4, -0.2) is 29.2 Å². The minimum atomic E-state index is -1.03. The first kappa shape index (κ1) is 23.3. The zero-order valence-electron chi connectivity index (χ0n) is 18.5. The topological polar surface area (TPSA) is 106 Å². The van der Waals surface area contributed by atoms with E-state index in [4.69, 9.17) is 9.15 Å². The van der Waals surface area contributed by atoms with Crippen molar-refractivity contribution < 1.29 is 27.5 Å². The molecule has 0 aliphatic heterocycles. The van der Waals surface area contributed by atoms with Gasteiger partial charge in [-0.1, -0.05) is 17.2 Å². The highest BCUT2D eigenvalue weighted by Crippen LogP contribution is 2.37. The summed E-state index contributed by atoms with van der Waals surface area (Å²) in [6.45, 7) is 0. The first-order valence-electron chi connectivity index (χ1n) is 10.9. The molecule has 0 bridgehead atoms. The van der Waals surface area contributed by atoms with Gasteiger partial charge >= 0.3 is 23.8 Å². The molecule has 10 heteroatoms. The van der Waals surface area contributed by atoms with Crippen molar-refractivity contribution >= 4 is 29.3 Å². The van der Waals surface area contributed by atoms with Gasteiger partial charge in [-0.25, -0.2) is 8.78 Å². The van der Waals surface area contributed by atoms with Crippen LogP contribution in [0, 0.1) is 17.6 Å². The highest BCUT2D eigenvalue weighted by molar-refractivity contribution is 6.00. The number of nitrogens with one attached hydrogen (secondary N) is 2. The molecule has 0 unspecified atom stereocenters. The average Bonchev–Trinajstić information content (AvgIpc) is 3.31. The van der Waals surface area contributed by atoms with Crippen molar-refractivity contribution in [2.45, 2.75) is 38.0 Å². The normalized spacial score (nSPS) is 17.7. The number of nitrogens with zero attached hydrogens (tertiary/aromatic N) is 2. The second-order valence-corrected chi connectivity index (χ2v) is 8.24. The van der Waals surface area contributed by atoms with Gasteiger partial charge in [0, 0.05) is 23.9 Å². The molecule has 1 aliphatic rings. The van der Waals surface area contributed by atoms with Gasteiger partial charge in [0.25, 0.3) is 0 Å². The molecule has 178 valence electrons. The van der Waals surface area contributed by atoms with Crippen molar-refractivity contribution in [3.63, 3.8) is 0 Å². The molecule has 0 spiro atoms. The molecule has 8 nitrogen and oxygen atoms in total. The van der Waals surface area contributed by atoms with Crippen LogP contribution in [0.15, 0.2) is 46.9 Å². The SMILES string of the molecule is COC(=O)C[C@H]1CC[C@H](c2ccc(NC(=O)c3nnc(Nc4ccc(F)c(F)c4)o3)cc2)CC1. The number of anilines is 3. The van der Waals surface area contributed by atoms with E-state index in [1.807, 2.05) is 24.3 Å². The number of amides is 1. The summed E-state index contributed by atoms with van der Waals surface area (Å²) in [7, 11) is 1.42. The standard InChI is InChI=1S/C24H24F2N4O4/c1-33-21(31)12-14-2-4-15(5-3-14)16-6-8-17(9-7-16)27-22(32)23-29-30-24(34-23)28-18-10-11-19(25)20(26)13-18/h6-11,13-15H,2-5,12H2,1H3,(H,27,32)(H,28,30)/t14-,15-. The van der Waals surface area contributed by atoms with Crippen LogP contribution in [0.3, 0.4) is 0 Å². The molecule has 1 saturated carbocycles. The maximum atomic E-state index is 13.3. The first-order valence-corrected chi connectivity index (χ1v) is 10.9. The summed E-state index contributed by atoms with van der Waals surface area (Å²) >= 11 is 0. The number of aromatic nitrogens is 2. The fourth-order valence-electron chi connectivity index (χ4n) is 4.10. The third-order valence-corrected chi connectivity index (χ3v) is 5.96. The molecule has 1 aromatic heterocycles. The van der Waals surface area contributed by atoms with Crippen molar-refractivity contribution in [2.24, 2.45) is 5.92 Å². The number of esters is 1. The number of carbonyl (C=O) groups excluding carboxylic acids is 2. The number of rotatable bonds is 7. The van der Waals surface area contributed by atoms with E-state index in [-0.39, 0.29) is 23.6 Å². The summed E-state index contributed by atoms with van der Waals surface area (Å²) in [6.07, 6.45) is 4.45. The lowest BCUT2D eigenvalue weighted by molar-refractivity contribution is -0.142. The Balaban J connectivity index is 1.30. The quantitative estimate of drug-likeness (QED) is 0.458. The lowest BCUT2D eigenvalue weighted by Gasteiger charge is -2.28. The minimum Gasteiger partial charge on any atom is -0.469 e. The van der Waals surface area contributed by atoms with Crippen molar-refractivity contribution in [2.75, 3.05) is 17.7 Å². The Labute approximate surface area is 194 Å². The first-order chi connectivity index (χ1) is 16.4. The van der Waals surface area contributed by atoms with Crippen LogP contribution in [0.5, 0.6) is 0 Å². The second kappa shape index (κ2) is 10.4. The predicted molar refractivity (Wildman–Crippen MR) is 120 cm³/mol. The van der Waals surface area contributed by atoms with Crippen LogP contribution in [0.2, 0.25) is 0 Å². The Hall–Kier alpha value is -3.82. The summed E-state index contributed by atoms with van der Waals surface area (Å²) in [5.74, 6) is -2.25. The summed E-state index contributed by atoms with van der Waals surface area (Å²) in [4.78, 5) is 23.9. The molecule has 4 rings (SSSR count). The Kier molecular flexibility index (Phi) is 7.15. The molecular formula is C24H24F2N4O4. The van der Waals surface area contributed by atoms with E-state index in [2.05, 4.69) is 20.8 Å². The smallest absolute Gasteiger partial charge is 0.320 e. The maximum absolute atomic E-state index is 13.3. The summed E-state index contributed by atoms with van der Waals surface area (Å²) in [6, 6.07) is 10.6. The van der Waals surface area contributed by atoms with Gasteiger partial charge in [0.15, 0.2) is 11.6 Å². The fourth-order valence-corrected chi connectivity index (χ4v) is 4.10. The van der Waals surface area contributed by atoms with Gasteiger partial charge in [-0.3, -0.25) is 9.59 Å². The number of halogens is 2. The van der Waals surface area contributed by atoms with Crippen LogP contribution in [0.1, 0.15) is 54.3 Å². The molecule has 0 atom stereocenters. The summed E-state index contributed by atoms with van der Waals surface area (Å²) < 4.78 is 36.4. The average molecular weight is 470 g/mol. The van der Waals surface area contributed by atoms with E-state index in [1.165, 1.54) is 18.7 Å². The Bertz CT molecular complexity index is 1160. The van der Waals surface area contributed by atoms with Crippen LogP contribution in [0.4, 0.5) is 26.2 Å². The molecule has 1 fully saturated rings. The van der Waals surface area contributed by atoms with Crippen molar-refractivity contribution in [1.29, 1.82) is 0 Å². The van der Waals surface area contributed by atoms with Gasteiger partial charge in [-0.15, -0.1) is 5.10 Å². The van der Waals surface area contributed by atoms with E-state index in [0.29, 0.717) is 23.9 Å². The molecule has 0 saturated heterocycles. The molecular weight excluding hydrogens is 446 g/mol. The van der Waals surface area contributed by atoms with Crippen molar-refractivity contribution in [3.05, 3.63) is 65.6 Å². The Morgan fingerprint density at radius 1 is 1.00 bits per heavy atom. The van der Waals surface area contributed by atoms with E-state index < -0.39 is 17.5 Å². The molecule has 2 N–H and O–H groups in total. The molecule has 1 heterocycles. The van der Waals surface area contributed by atoms with Gasteiger partial charge in [0.1, 0.15) is 0 Å². The Morgan fingerprint density at radius 3 is 2.38 bits per heavy atom. The number of methoxy groups -OCH3 is 1. The Morgan fingerprint density at radius 2 is 1.71 bits per heavy atom. The van der Waals surface area contributed by atoms with Crippen molar-refractivity contribution in [1.82, 2.24) is 10.2 Å². The zero-order chi connectivity index (χ0) is 24.1. The fraction of sp³-hybridized carbons (Fsp3) is 0.333. The zero-order valence-corrected chi connectivity index (χ0v) is 18.5. The van der Waals surface area contributed by atoms with E-state index in [1.54, 1.807) is 0 Å². The lowest BCUT2D eigenvalue weighted by atomic mass is 9.77. The largest absolute Gasteiger partial charge is 0.469 e. The van der Waals surface area contributed by atoms with Gasteiger partial charge in [0.2, 0.25) is 0 Å². The van der Waals surface area contributed by atoms with Gasteiger partial charge in [0.05, 0.1) is 7.11 Å². The maximum Gasteiger partial charge on any atom is 0.320 e. The third-order valence-electron chi connectivity index (χ3n) is 5.96. The number of carbonyl (C=O) groups is 2. The minimum absolute atomic E-state index is 0.130. The van der Waals surface area contributed by atoms with Gasteiger partial charge in [-0.2, -0.15) is 0 Å². The van der Waals surface area contributed by atoms with E-state index in [0.717, 1.165) is 37.8 Å². The number of benzene rings is 2. The molecule has 1 amide bonds. The van der Waals surface area contributed by atoms with Crippen molar-refractivity contribution in [3.8, 4) is 0 Å². The highest BCUT2D eigenvalue weighted by Gasteiger charge is 2.24. The van der Waals surface area contributed by atoms with Gasteiger partial charge in [-0.05, 0) is 67.3 Å². The molecule has 34 heavy (non-hydrogen) atoms. The van der Waals surface area contributed by atoms with E-state index in [9.17, 15) is 18.4 Å². The van der Waals surface area contributed by atoms with E-state index >= 15 is 0 Å². The lowest BCUT2D eigenvalue weighted by Crippen LogP contribution is -2.17. The number of hydrogen-bond donors (Lipinski definition) is 2. The molecule has 3 aromatic rings. The third kappa shape index (κ3) is 5.75. The predicted octanol–water partition coefficient (Wildman–Crippen LogP) is 5.18. The number of ether oxygens (including phenoxy) is 1. The van der Waals surface area contributed by atoms with Gasteiger partial charge < -0.3 is 19.8 Å². The molecule has 2 aromatic carbocycles. The van der Waals surface area contributed by atoms with Crippen LogP contribution < -0.4 is 10.6 Å². The number of hydrogen-bond acceptors (Lipinski definition) is 7. The van der Waals surface area contributed by atoms with Crippen LogP contribution >= 0.6 is 0 Å². The summed E-state index contributed by atoms with van der Waals surface area (Å²) in [5.41, 5.74) is 1.95. The summed E-state index contributed by atoms with van der Waals surface area (Å²) in [5, 5.41) is 12.7.